The lowest BCUT2D eigenvalue weighted by Gasteiger charge is -2.28. The van der Waals surface area contributed by atoms with Gasteiger partial charge in [-0.2, -0.15) is 0 Å². The summed E-state index contributed by atoms with van der Waals surface area (Å²) >= 11 is 8.47. The zero-order valence-electron chi connectivity index (χ0n) is 11.9. The van der Waals surface area contributed by atoms with Crippen LogP contribution in [0.5, 0.6) is 0 Å². The Morgan fingerprint density at radius 1 is 1.24 bits per heavy atom. The van der Waals surface area contributed by atoms with E-state index in [0.717, 1.165) is 20.6 Å². The van der Waals surface area contributed by atoms with Gasteiger partial charge in [-0.3, -0.25) is 0 Å². The summed E-state index contributed by atoms with van der Waals surface area (Å²) in [6.45, 7) is 0. The van der Waals surface area contributed by atoms with Crippen LogP contribution in [-0.2, 0) is 6.42 Å². The molecule has 1 aliphatic carbocycles. The van der Waals surface area contributed by atoms with Gasteiger partial charge in [0.15, 0.2) is 0 Å². The number of halogens is 2. The smallest absolute Gasteiger partial charge is 0.0542 e. The van der Waals surface area contributed by atoms with Crippen LogP contribution in [0.25, 0.3) is 0 Å². The molecule has 2 aromatic rings. The van der Waals surface area contributed by atoms with Crippen molar-refractivity contribution in [2.45, 2.75) is 37.6 Å². The van der Waals surface area contributed by atoms with E-state index in [1.807, 2.05) is 12.1 Å². The Morgan fingerprint density at radius 3 is 2.86 bits per heavy atom. The maximum atomic E-state index is 6.44. The van der Waals surface area contributed by atoms with Gasteiger partial charge in [-0.05, 0) is 83.0 Å². The lowest BCUT2D eigenvalue weighted by atomic mass is 9.79. The molecule has 0 saturated heterocycles. The minimum absolute atomic E-state index is 0.0515. The molecule has 3 rings (SSSR count). The monoisotopic (exact) mass is 411 g/mol. The van der Waals surface area contributed by atoms with E-state index in [4.69, 9.17) is 17.3 Å². The minimum atomic E-state index is 0.0515. The van der Waals surface area contributed by atoms with Gasteiger partial charge in [-0.15, -0.1) is 0 Å². The average Bonchev–Trinajstić information content (AvgIpc) is 2.50. The molecule has 3 heteroatoms. The van der Waals surface area contributed by atoms with Crippen molar-refractivity contribution >= 4 is 34.2 Å². The predicted octanol–water partition coefficient (Wildman–Crippen LogP) is 5.45. The zero-order valence-corrected chi connectivity index (χ0v) is 14.8. The molecule has 2 atom stereocenters. The molecular formula is C18H19ClIN. The van der Waals surface area contributed by atoms with E-state index in [9.17, 15) is 0 Å². The molecule has 0 radical (unpaired) electrons. The molecule has 2 N–H and O–H groups in total. The highest BCUT2D eigenvalue weighted by atomic mass is 127. The molecule has 0 bridgehead atoms. The number of aryl methyl sites for hydroxylation is 1. The van der Waals surface area contributed by atoms with Gasteiger partial charge in [-0.25, -0.2) is 0 Å². The molecule has 21 heavy (non-hydrogen) atoms. The van der Waals surface area contributed by atoms with Crippen molar-refractivity contribution in [2.24, 2.45) is 5.73 Å². The normalized spacial score (nSPS) is 19.1. The van der Waals surface area contributed by atoms with Crippen molar-refractivity contribution < 1.29 is 0 Å². The van der Waals surface area contributed by atoms with Crippen LogP contribution in [0.2, 0.25) is 5.02 Å². The van der Waals surface area contributed by atoms with Gasteiger partial charge < -0.3 is 5.73 Å². The fraction of sp³-hybridized carbons (Fsp3) is 0.333. The summed E-state index contributed by atoms with van der Waals surface area (Å²) in [6.07, 6.45) is 4.70. The predicted molar refractivity (Wildman–Crippen MR) is 97.8 cm³/mol. The van der Waals surface area contributed by atoms with Crippen LogP contribution >= 0.6 is 34.2 Å². The van der Waals surface area contributed by atoms with Gasteiger partial charge in [0, 0.05) is 9.61 Å². The Bertz CT molecular complexity index is 641. The Hall–Kier alpha value is -0.580. The van der Waals surface area contributed by atoms with Crippen molar-refractivity contribution in [1.29, 1.82) is 0 Å². The first kappa shape index (κ1) is 15.3. The number of hydrogen-bond donors (Lipinski definition) is 1. The molecule has 1 aliphatic rings. The summed E-state index contributed by atoms with van der Waals surface area (Å²) in [6, 6.07) is 15.0. The first-order valence-corrected chi connectivity index (χ1v) is 8.89. The minimum Gasteiger partial charge on any atom is -0.324 e. The summed E-state index contributed by atoms with van der Waals surface area (Å²) in [5, 5.41) is 0.799. The standard InChI is InChI=1S/C18H19ClIN/c19-16-10-14(8-9-17(16)20)18(21)11-13-6-3-5-12-4-1-2-7-15(12)13/h1-2,4,7-10,13,18H,3,5-6,11,21H2. The largest absolute Gasteiger partial charge is 0.324 e. The SMILES string of the molecule is NC(CC1CCCc2ccccc21)c1ccc(I)c(Cl)c1. The molecule has 0 aromatic heterocycles. The summed E-state index contributed by atoms with van der Waals surface area (Å²) in [5.74, 6) is 0.572. The first-order valence-electron chi connectivity index (χ1n) is 7.43. The molecular weight excluding hydrogens is 393 g/mol. The molecule has 0 fully saturated rings. The summed E-state index contributed by atoms with van der Waals surface area (Å²) < 4.78 is 1.08. The highest BCUT2D eigenvalue weighted by Gasteiger charge is 2.22. The van der Waals surface area contributed by atoms with Gasteiger partial charge in [0.1, 0.15) is 0 Å². The third-order valence-electron chi connectivity index (χ3n) is 4.40. The van der Waals surface area contributed by atoms with Crippen LogP contribution in [0.15, 0.2) is 42.5 Å². The molecule has 1 nitrogen and oxygen atoms in total. The highest BCUT2D eigenvalue weighted by Crippen LogP contribution is 2.37. The van der Waals surface area contributed by atoms with Gasteiger partial charge >= 0.3 is 0 Å². The number of nitrogens with two attached hydrogens (primary N) is 1. The quantitative estimate of drug-likeness (QED) is 0.667. The van der Waals surface area contributed by atoms with Crippen molar-refractivity contribution in [3.8, 4) is 0 Å². The van der Waals surface area contributed by atoms with Crippen LogP contribution in [0.3, 0.4) is 0 Å². The van der Waals surface area contributed by atoms with E-state index < -0.39 is 0 Å². The topological polar surface area (TPSA) is 26.0 Å². The van der Waals surface area contributed by atoms with E-state index in [-0.39, 0.29) is 6.04 Å². The molecule has 0 saturated carbocycles. The molecule has 2 unspecified atom stereocenters. The van der Waals surface area contributed by atoms with Crippen LogP contribution in [-0.4, -0.2) is 0 Å². The zero-order chi connectivity index (χ0) is 14.8. The number of fused-ring (bicyclic) bond motifs is 1. The van der Waals surface area contributed by atoms with Crippen molar-refractivity contribution in [3.63, 3.8) is 0 Å². The molecule has 110 valence electrons. The Labute approximate surface area is 145 Å². The van der Waals surface area contributed by atoms with Crippen LogP contribution < -0.4 is 5.73 Å². The molecule has 0 heterocycles. The van der Waals surface area contributed by atoms with Gasteiger partial charge in [0.2, 0.25) is 0 Å². The van der Waals surface area contributed by atoms with Crippen molar-refractivity contribution in [3.05, 3.63) is 67.7 Å². The second kappa shape index (κ2) is 6.67. The fourth-order valence-electron chi connectivity index (χ4n) is 3.28. The van der Waals surface area contributed by atoms with Gasteiger partial charge in [0.25, 0.3) is 0 Å². The van der Waals surface area contributed by atoms with E-state index in [0.29, 0.717) is 5.92 Å². The van der Waals surface area contributed by atoms with Gasteiger partial charge in [-0.1, -0.05) is 41.9 Å². The summed E-state index contributed by atoms with van der Waals surface area (Å²) in [4.78, 5) is 0. The highest BCUT2D eigenvalue weighted by molar-refractivity contribution is 14.1. The van der Waals surface area contributed by atoms with Crippen LogP contribution in [0, 0.1) is 3.57 Å². The molecule has 0 amide bonds. The third kappa shape index (κ3) is 3.43. The Balaban J connectivity index is 1.79. The first-order chi connectivity index (χ1) is 10.1. The summed E-state index contributed by atoms with van der Waals surface area (Å²) in [5.41, 5.74) is 10.6. The number of hydrogen-bond acceptors (Lipinski definition) is 1. The average molecular weight is 412 g/mol. The second-order valence-electron chi connectivity index (χ2n) is 5.80. The number of rotatable bonds is 3. The van der Waals surface area contributed by atoms with Crippen LogP contribution in [0.4, 0.5) is 0 Å². The Morgan fingerprint density at radius 2 is 2.05 bits per heavy atom. The van der Waals surface area contributed by atoms with E-state index in [2.05, 4.69) is 52.9 Å². The van der Waals surface area contributed by atoms with E-state index in [1.54, 1.807) is 0 Å². The van der Waals surface area contributed by atoms with Crippen LogP contribution in [0.1, 0.15) is 47.9 Å². The maximum Gasteiger partial charge on any atom is 0.0542 e. The van der Waals surface area contributed by atoms with Gasteiger partial charge in [0.05, 0.1) is 5.02 Å². The maximum absolute atomic E-state index is 6.44. The number of benzene rings is 2. The molecule has 2 aromatic carbocycles. The Kier molecular flexibility index (Phi) is 4.87. The summed E-state index contributed by atoms with van der Waals surface area (Å²) in [7, 11) is 0. The fourth-order valence-corrected chi connectivity index (χ4v) is 3.81. The van der Waals surface area contributed by atoms with E-state index in [1.165, 1.54) is 30.4 Å². The van der Waals surface area contributed by atoms with Crippen molar-refractivity contribution in [2.75, 3.05) is 0 Å². The lowest BCUT2D eigenvalue weighted by molar-refractivity contribution is 0.476. The van der Waals surface area contributed by atoms with E-state index >= 15 is 0 Å². The third-order valence-corrected chi connectivity index (χ3v) is 5.98. The molecule has 0 aliphatic heterocycles. The lowest BCUT2D eigenvalue weighted by Crippen LogP contribution is -2.18. The second-order valence-corrected chi connectivity index (χ2v) is 7.37. The molecule has 0 spiro atoms. The van der Waals surface area contributed by atoms with Crippen molar-refractivity contribution in [1.82, 2.24) is 0 Å².